The highest BCUT2D eigenvalue weighted by Crippen LogP contribution is 2.56. The molecule has 3 amide bonds. The minimum Gasteiger partial charge on any atom is -0.306 e. The third kappa shape index (κ3) is 3.50. The smallest absolute Gasteiger partial charge is 0.253 e. The van der Waals surface area contributed by atoms with Crippen molar-refractivity contribution in [2.45, 2.75) is 24.5 Å². The van der Waals surface area contributed by atoms with Crippen LogP contribution >= 0.6 is 11.8 Å². The van der Waals surface area contributed by atoms with E-state index in [9.17, 15) is 14.4 Å². The summed E-state index contributed by atoms with van der Waals surface area (Å²) in [6.07, 6.45) is 2.71. The number of carbonyl (C=O) groups excluding carboxylic acids is 3. The second-order valence-electron chi connectivity index (χ2n) is 10.7. The molecule has 7 rings (SSSR count). The number of para-hydroxylation sites is 1. The minimum absolute atomic E-state index is 0.167. The van der Waals surface area contributed by atoms with Gasteiger partial charge in [0.1, 0.15) is 5.54 Å². The Morgan fingerprint density at radius 2 is 1.50 bits per heavy atom. The molecule has 2 fully saturated rings. The number of thioether (sulfide) groups is 1. The average molecular weight is 548 g/mol. The Morgan fingerprint density at radius 3 is 2.33 bits per heavy atom. The number of imide groups is 1. The van der Waals surface area contributed by atoms with Crippen molar-refractivity contribution in [3.63, 3.8) is 0 Å². The van der Waals surface area contributed by atoms with Crippen LogP contribution in [0.15, 0.2) is 97.1 Å². The topological polar surface area (TPSA) is 69.7 Å². The van der Waals surface area contributed by atoms with Crippen molar-refractivity contribution >= 4 is 51.6 Å². The molecule has 7 heteroatoms. The van der Waals surface area contributed by atoms with E-state index in [-0.39, 0.29) is 23.8 Å². The van der Waals surface area contributed by atoms with Gasteiger partial charge in [-0.3, -0.25) is 19.7 Å². The highest BCUT2D eigenvalue weighted by molar-refractivity contribution is 7.98. The Balaban J connectivity index is 1.38. The van der Waals surface area contributed by atoms with Gasteiger partial charge in [0.2, 0.25) is 11.8 Å². The molecular weight excluding hydrogens is 518 g/mol. The zero-order chi connectivity index (χ0) is 27.4. The zero-order valence-electron chi connectivity index (χ0n) is 22.1. The Bertz CT molecular complexity index is 1650. The number of hydrogen-bond donors (Lipinski definition) is 1. The van der Waals surface area contributed by atoms with Gasteiger partial charge in [0, 0.05) is 22.7 Å². The fraction of sp³-hybridized carbons (Fsp3) is 0.242. The second-order valence-corrected chi connectivity index (χ2v) is 11.7. The molecule has 200 valence electrons. The van der Waals surface area contributed by atoms with Gasteiger partial charge in [-0.1, -0.05) is 84.9 Å². The number of nitrogens with zero attached hydrogens (tertiary/aromatic N) is 2. The molecule has 3 aliphatic rings. The molecular formula is C33H29N3O3S. The molecule has 0 unspecified atom stereocenters. The third-order valence-corrected chi connectivity index (χ3v) is 9.33. The predicted octanol–water partition coefficient (Wildman–Crippen LogP) is 5.11. The molecule has 0 aromatic heterocycles. The SMILES string of the molecule is CSCC[C@H]1N[C@]2(C(=O)N(Cc3ccccc3)c3ccccc32)[C@@H]2C(=O)N(c3cccc4ccccc34)C(=O)[C@@H]21. The number of nitrogens with one attached hydrogen (secondary N) is 1. The maximum absolute atomic E-state index is 14.6. The maximum atomic E-state index is 14.6. The number of hydrogen-bond acceptors (Lipinski definition) is 5. The van der Waals surface area contributed by atoms with E-state index in [1.165, 1.54) is 4.90 Å². The fourth-order valence-electron chi connectivity index (χ4n) is 7.00. The van der Waals surface area contributed by atoms with Gasteiger partial charge in [-0.15, -0.1) is 0 Å². The van der Waals surface area contributed by atoms with Crippen molar-refractivity contribution in [1.82, 2.24) is 5.32 Å². The number of benzene rings is 4. The van der Waals surface area contributed by atoms with Crippen molar-refractivity contribution in [3.05, 3.63) is 108 Å². The third-order valence-electron chi connectivity index (χ3n) is 8.69. The van der Waals surface area contributed by atoms with Crippen molar-refractivity contribution in [1.29, 1.82) is 0 Å². The van der Waals surface area contributed by atoms with E-state index in [0.29, 0.717) is 18.7 Å². The summed E-state index contributed by atoms with van der Waals surface area (Å²) in [5.74, 6) is -1.35. The highest BCUT2D eigenvalue weighted by atomic mass is 32.2. The lowest BCUT2D eigenvalue weighted by molar-refractivity contribution is -0.132. The number of carbonyl (C=O) groups is 3. The van der Waals surface area contributed by atoms with E-state index in [4.69, 9.17) is 0 Å². The van der Waals surface area contributed by atoms with E-state index in [0.717, 1.165) is 33.3 Å². The van der Waals surface area contributed by atoms with E-state index in [1.807, 2.05) is 103 Å². The summed E-state index contributed by atoms with van der Waals surface area (Å²) >= 11 is 1.70. The lowest BCUT2D eigenvalue weighted by Gasteiger charge is -2.31. The monoisotopic (exact) mass is 547 g/mol. The van der Waals surface area contributed by atoms with E-state index < -0.39 is 17.4 Å². The first-order valence-corrected chi connectivity index (χ1v) is 15.0. The Labute approximate surface area is 237 Å². The first kappa shape index (κ1) is 25.1. The molecule has 4 aromatic rings. The van der Waals surface area contributed by atoms with Crippen molar-refractivity contribution in [2.24, 2.45) is 11.8 Å². The molecule has 0 aliphatic carbocycles. The standard InChI is InChI=1S/C33H29N3O3S/c1-40-19-18-25-28-29(31(38)36(30(28)37)26-17-9-13-22-12-5-6-14-23(22)26)33(34-25)24-15-7-8-16-27(24)35(32(33)39)20-21-10-3-2-4-11-21/h2-17,25,28-29,34H,18-20H2,1H3/t25-,28-,29+,33+/m1/s1. The number of fused-ring (bicyclic) bond motifs is 5. The minimum atomic E-state index is -1.30. The normalized spacial score (nSPS) is 25.3. The predicted molar refractivity (Wildman–Crippen MR) is 159 cm³/mol. The maximum Gasteiger partial charge on any atom is 0.253 e. The van der Waals surface area contributed by atoms with Crippen LogP contribution in [0.3, 0.4) is 0 Å². The van der Waals surface area contributed by atoms with Gasteiger partial charge in [-0.25, -0.2) is 4.90 Å². The molecule has 40 heavy (non-hydrogen) atoms. The average Bonchev–Trinajstić information content (AvgIpc) is 3.55. The molecule has 3 aliphatic heterocycles. The number of amides is 3. The molecule has 2 saturated heterocycles. The van der Waals surface area contributed by atoms with Crippen molar-refractivity contribution in [3.8, 4) is 0 Å². The number of rotatable bonds is 6. The van der Waals surface area contributed by atoms with Crippen LogP contribution in [0, 0.1) is 11.8 Å². The Hall–Kier alpha value is -3.94. The molecule has 1 spiro atoms. The van der Waals surface area contributed by atoms with Gasteiger partial charge in [0.05, 0.1) is 24.1 Å². The van der Waals surface area contributed by atoms with Crippen LogP contribution in [0.5, 0.6) is 0 Å². The summed E-state index contributed by atoms with van der Waals surface area (Å²) in [7, 11) is 0. The van der Waals surface area contributed by atoms with Gasteiger partial charge in [0.15, 0.2) is 0 Å². The van der Waals surface area contributed by atoms with Crippen LogP contribution in [-0.4, -0.2) is 35.8 Å². The summed E-state index contributed by atoms with van der Waals surface area (Å²) in [4.78, 5) is 46.6. The summed E-state index contributed by atoms with van der Waals surface area (Å²) in [5.41, 5.74) is 1.85. The fourth-order valence-corrected chi connectivity index (χ4v) is 7.49. The zero-order valence-corrected chi connectivity index (χ0v) is 22.9. The molecule has 4 aromatic carbocycles. The van der Waals surface area contributed by atoms with E-state index in [1.54, 1.807) is 16.7 Å². The molecule has 0 bridgehead atoms. The Morgan fingerprint density at radius 1 is 0.800 bits per heavy atom. The van der Waals surface area contributed by atoms with Gasteiger partial charge >= 0.3 is 0 Å². The van der Waals surface area contributed by atoms with Crippen LogP contribution in [0.4, 0.5) is 11.4 Å². The van der Waals surface area contributed by atoms with Crippen molar-refractivity contribution in [2.75, 3.05) is 21.8 Å². The molecule has 3 heterocycles. The second kappa shape index (κ2) is 9.61. The first-order chi connectivity index (χ1) is 19.6. The van der Waals surface area contributed by atoms with Gasteiger partial charge in [-0.2, -0.15) is 11.8 Å². The lowest BCUT2D eigenvalue weighted by Crippen LogP contribution is -2.55. The van der Waals surface area contributed by atoms with Crippen molar-refractivity contribution < 1.29 is 14.4 Å². The molecule has 1 N–H and O–H groups in total. The first-order valence-electron chi connectivity index (χ1n) is 13.6. The van der Waals surface area contributed by atoms with E-state index >= 15 is 0 Å². The number of anilines is 2. The van der Waals surface area contributed by atoms with Gasteiger partial charge in [-0.05, 0) is 41.5 Å². The van der Waals surface area contributed by atoms with E-state index in [2.05, 4.69) is 5.32 Å². The van der Waals surface area contributed by atoms with Crippen LogP contribution in [-0.2, 0) is 26.5 Å². The quantitative estimate of drug-likeness (QED) is 0.340. The van der Waals surface area contributed by atoms with Crippen LogP contribution in [0.1, 0.15) is 17.5 Å². The van der Waals surface area contributed by atoms with Gasteiger partial charge in [0.25, 0.3) is 5.91 Å². The summed E-state index contributed by atoms with van der Waals surface area (Å²) in [5, 5.41) is 5.43. The largest absolute Gasteiger partial charge is 0.306 e. The van der Waals surface area contributed by atoms with Crippen LogP contribution in [0.2, 0.25) is 0 Å². The Kier molecular flexibility index (Phi) is 6.02. The molecule has 0 saturated carbocycles. The van der Waals surface area contributed by atoms with Crippen LogP contribution < -0.4 is 15.1 Å². The summed E-state index contributed by atoms with van der Waals surface area (Å²) < 4.78 is 0. The molecule has 0 radical (unpaired) electrons. The van der Waals surface area contributed by atoms with Gasteiger partial charge < -0.3 is 4.90 Å². The van der Waals surface area contributed by atoms with Crippen LogP contribution in [0.25, 0.3) is 10.8 Å². The lowest BCUT2D eigenvalue weighted by atomic mass is 9.76. The summed E-state index contributed by atoms with van der Waals surface area (Å²) in [6, 6.07) is 30.8. The molecule has 4 atom stereocenters. The molecule has 6 nitrogen and oxygen atoms in total. The highest BCUT2D eigenvalue weighted by Gasteiger charge is 2.71. The summed E-state index contributed by atoms with van der Waals surface area (Å²) in [6.45, 7) is 0.391.